The summed E-state index contributed by atoms with van der Waals surface area (Å²) in [6.07, 6.45) is 3.16. The van der Waals surface area contributed by atoms with E-state index in [1.54, 1.807) is 10.8 Å². The molecule has 0 bridgehead atoms. The third-order valence-corrected chi connectivity index (χ3v) is 2.10. The molecular formula is C11H17N3O3. The third kappa shape index (κ3) is 3.90. The van der Waals surface area contributed by atoms with Crippen LogP contribution in [0.15, 0.2) is 17.2 Å². The van der Waals surface area contributed by atoms with Gasteiger partial charge in [0.2, 0.25) is 0 Å². The van der Waals surface area contributed by atoms with Crippen LogP contribution in [-0.4, -0.2) is 29.2 Å². The molecule has 0 spiro atoms. The predicted molar refractivity (Wildman–Crippen MR) is 63.8 cm³/mol. The van der Waals surface area contributed by atoms with Gasteiger partial charge in [-0.1, -0.05) is 13.8 Å². The largest absolute Gasteiger partial charge is 0.468 e. The minimum absolute atomic E-state index is 0.0650. The molecule has 17 heavy (non-hydrogen) atoms. The van der Waals surface area contributed by atoms with Crippen molar-refractivity contribution >= 4 is 11.8 Å². The van der Waals surface area contributed by atoms with E-state index in [0.717, 1.165) is 0 Å². The first kappa shape index (κ1) is 13.2. The summed E-state index contributed by atoms with van der Waals surface area (Å²) in [6.45, 7) is 4.60. The highest BCUT2D eigenvalue weighted by molar-refractivity contribution is 5.74. The van der Waals surface area contributed by atoms with Crippen molar-refractivity contribution in [1.29, 1.82) is 0 Å². The summed E-state index contributed by atoms with van der Waals surface area (Å²) in [7, 11) is 1.29. The van der Waals surface area contributed by atoms with Crippen molar-refractivity contribution in [2.24, 2.45) is 5.92 Å². The van der Waals surface area contributed by atoms with E-state index < -0.39 is 5.97 Å². The molecule has 1 aromatic heterocycles. The van der Waals surface area contributed by atoms with Gasteiger partial charge in [0.15, 0.2) is 5.82 Å². The van der Waals surface area contributed by atoms with Gasteiger partial charge in [-0.05, 0) is 5.92 Å². The summed E-state index contributed by atoms with van der Waals surface area (Å²) < 4.78 is 6.04. The van der Waals surface area contributed by atoms with Crippen molar-refractivity contribution in [3.8, 4) is 0 Å². The minimum Gasteiger partial charge on any atom is -0.468 e. The molecule has 0 unspecified atom stereocenters. The first-order chi connectivity index (χ1) is 8.04. The molecule has 94 valence electrons. The van der Waals surface area contributed by atoms with E-state index in [2.05, 4.69) is 15.0 Å². The van der Waals surface area contributed by atoms with Crippen LogP contribution in [0.3, 0.4) is 0 Å². The monoisotopic (exact) mass is 239 g/mol. The van der Waals surface area contributed by atoms with Gasteiger partial charge in [-0.15, -0.1) is 0 Å². The van der Waals surface area contributed by atoms with E-state index in [-0.39, 0.29) is 17.9 Å². The zero-order valence-corrected chi connectivity index (χ0v) is 10.3. The molecular weight excluding hydrogens is 222 g/mol. The lowest BCUT2D eigenvalue weighted by molar-refractivity contribution is -0.138. The number of ether oxygens (including phenoxy) is 1. The van der Waals surface area contributed by atoms with Crippen LogP contribution in [0.5, 0.6) is 0 Å². The molecule has 0 saturated carbocycles. The topological polar surface area (TPSA) is 73.2 Å². The van der Waals surface area contributed by atoms with Gasteiger partial charge in [-0.25, -0.2) is 4.98 Å². The summed E-state index contributed by atoms with van der Waals surface area (Å²) in [5, 5.41) is 2.66. The Morgan fingerprint density at radius 2 is 2.29 bits per heavy atom. The highest BCUT2D eigenvalue weighted by Gasteiger charge is 2.07. The number of esters is 1. The SMILES string of the molecule is COC(=O)CNc1nccn(CC(C)C)c1=O. The second kappa shape index (κ2) is 6.03. The molecule has 0 aliphatic carbocycles. The van der Waals surface area contributed by atoms with Crippen molar-refractivity contribution in [2.45, 2.75) is 20.4 Å². The van der Waals surface area contributed by atoms with E-state index in [0.29, 0.717) is 12.5 Å². The fraction of sp³-hybridized carbons (Fsp3) is 0.545. The van der Waals surface area contributed by atoms with Gasteiger partial charge in [0.25, 0.3) is 5.56 Å². The maximum Gasteiger partial charge on any atom is 0.325 e. The molecule has 0 atom stereocenters. The number of nitrogens with one attached hydrogen (secondary N) is 1. The zero-order chi connectivity index (χ0) is 12.8. The van der Waals surface area contributed by atoms with Crippen LogP contribution in [-0.2, 0) is 16.1 Å². The zero-order valence-electron chi connectivity index (χ0n) is 10.3. The predicted octanol–water partition coefficient (Wildman–Crippen LogP) is 0.484. The molecule has 6 nitrogen and oxygen atoms in total. The average Bonchev–Trinajstić information content (AvgIpc) is 2.29. The van der Waals surface area contributed by atoms with E-state index in [4.69, 9.17) is 0 Å². The Morgan fingerprint density at radius 1 is 1.59 bits per heavy atom. The number of carbonyl (C=O) groups is 1. The van der Waals surface area contributed by atoms with Crippen LogP contribution in [0.4, 0.5) is 5.82 Å². The van der Waals surface area contributed by atoms with Crippen molar-refractivity contribution in [1.82, 2.24) is 9.55 Å². The molecule has 0 aliphatic heterocycles. The molecule has 1 aromatic rings. The Labute approximate surface area is 99.6 Å². The minimum atomic E-state index is -0.439. The number of hydrogen-bond acceptors (Lipinski definition) is 5. The van der Waals surface area contributed by atoms with Crippen LogP contribution in [0.2, 0.25) is 0 Å². The van der Waals surface area contributed by atoms with E-state index >= 15 is 0 Å². The number of hydrogen-bond donors (Lipinski definition) is 1. The molecule has 6 heteroatoms. The van der Waals surface area contributed by atoms with Gasteiger partial charge in [-0.2, -0.15) is 0 Å². The summed E-state index contributed by atoms with van der Waals surface area (Å²) in [5.74, 6) is 0.0903. The fourth-order valence-electron chi connectivity index (χ4n) is 1.33. The van der Waals surface area contributed by atoms with Gasteiger partial charge in [0, 0.05) is 18.9 Å². The maximum absolute atomic E-state index is 11.9. The number of anilines is 1. The number of methoxy groups -OCH3 is 1. The van der Waals surface area contributed by atoms with E-state index in [9.17, 15) is 9.59 Å². The molecule has 1 N–H and O–H groups in total. The van der Waals surface area contributed by atoms with Gasteiger partial charge < -0.3 is 14.6 Å². The van der Waals surface area contributed by atoms with Crippen molar-refractivity contribution in [3.63, 3.8) is 0 Å². The number of nitrogens with zero attached hydrogens (tertiary/aromatic N) is 2. The highest BCUT2D eigenvalue weighted by atomic mass is 16.5. The second-order valence-electron chi connectivity index (χ2n) is 4.06. The lowest BCUT2D eigenvalue weighted by Gasteiger charge is -2.10. The van der Waals surface area contributed by atoms with Crippen LogP contribution >= 0.6 is 0 Å². The Kier molecular flexibility index (Phi) is 4.68. The first-order valence-corrected chi connectivity index (χ1v) is 5.40. The molecule has 1 rings (SSSR count). The molecule has 0 aromatic carbocycles. The average molecular weight is 239 g/mol. The standard InChI is InChI=1S/C11H17N3O3/c1-8(2)7-14-5-4-12-10(11(14)16)13-6-9(15)17-3/h4-5,8H,6-7H2,1-3H3,(H,12,13). The maximum atomic E-state index is 11.9. The van der Waals surface area contributed by atoms with Crippen LogP contribution < -0.4 is 10.9 Å². The Hall–Kier alpha value is -1.85. The van der Waals surface area contributed by atoms with Crippen LogP contribution in [0.25, 0.3) is 0 Å². The van der Waals surface area contributed by atoms with Gasteiger partial charge in [0.05, 0.1) is 7.11 Å². The Bertz CT molecular complexity index is 440. The van der Waals surface area contributed by atoms with Crippen molar-refractivity contribution in [2.75, 3.05) is 19.0 Å². The molecule has 0 amide bonds. The lowest BCUT2D eigenvalue weighted by Crippen LogP contribution is -2.28. The van der Waals surface area contributed by atoms with Gasteiger partial charge in [-0.3, -0.25) is 9.59 Å². The number of carbonyl (C=O) groups excluding carboxylic acids is 1. The fourth-order valence-corrected chi connectivity index (χ4v) is 1.33. The summed E-state index contributed by atoms with van der Waals surface area (Å²) in [4.78, 5) is 26.7. The quantitative estimate of drug-likeness (QED) is 0.757. The summed E-state index contributed by atoms with van der Waals surface area (Å²) in [6, 6.07) is 0. The molecule has 0 radical (unpaired) electrons. The second-order valence-corrected chi connectivity index (χ2v) is 4.06. The number of rotatable bonds is 5. The van der Waals surface area contributed by atoms with E-state index in [1.807, 2.05) is 13.8 Å². The van der Waals surface area contributed by atoms with Gasteiger partial charge >= 0.3 is 5.97 Å². The highest BCUT2D eigenvalue weighted by Crippen LogP contribution is 1.98. The van der Waals surface area contributed by atoms with Crippen molar-refractivity contribution < 1.29 is 9.53 Å². The smallest absolute Gasteiger partial charge is 0.325 e. The summed E-state index contributed by atoms with van der Waals surface area (Å²) >= 11 is 0. The van der Waals surface area contributed by atoms with Crippen LogP contribution in [0, 0.1) is 5.92 Å². The summed E-state index contributed by atoms with van der Waals surface area (Å²) in [5.41, 5.74) is -0.231. The molecule has 0 aliphatic rings. The lowest BCUT2D eigenvalue weighted by atomic mass is 10.2. The van der Waals surface area contributed by atoms with Crippen molar-refractivity contribution in [3.05, 3.63) is 22.7 Å². The van der Waals surface area contributed by atoms with E-state index in [1.165, 1.54) is 13.3 Å². The molecule has 0 saturated heterocycles. The molecule has 0 fully saturated rings. The first-order valence-electron chi connectivity index (χ1n) is 5.40. The van der Waals surface area contributed by atoms with Crippen LogP contribution in [0.1, 0.15) is 13.8 Å². The Morgan fingerprint density at radius 3 is 2.88 bits per heavy atom. The molecule has 1 heterocycles. The Balaban J connectivity index is 2.80. The normalized spacial score (nSPS) is 10.4. The third-order valence-electron chi connectivity index (χ3n) is 2.10. The van der Waals surface area contributed by atoms with Gasteiger partial charge in [0.1, 0.15) is 6.54 Å². The number of aromatic nitrogens is 2.